The molecule has 114 valence electrons. The fourth-order valence-corrected chi connectivity index (χ4v) is 3.28. The van der Waals surface area contributed by atoms with Crippen molar-refractivity contribution in [2.45, 2.75) is 19.5 Å². The highest BCUT2D eigenvalue weighted by molar-refractivity contribution is 6.16. The summed E-state index contributed by atoms with van der Waals surface area (Å²) < 4.78 is 0. The van der Waals surface area contributed by atoms with E-state index in [-0.39, 0.29) is 11.6 Å². The lowest BCUT2D eigenvalue weighted by Crippen LogP contribution is -2.39. The van der Waals surface area contributed by atoms with Gasteiger partial charge in [0.15, 0.2) is 0 Å². The second kappa shape index (κ2) is 5.54. The molecule has 0 radical (unpaired) electrons. The smallest absolute Gasteiger partial charge is 0.128 e. The van der Waals surface area contributed by atoms with E-state index in [9.17, 15) is 0 Å². The van der Waals surface area contributed by atoms with Crippen LogP contribution in [-0.4, -0.2) is 11.9 Å². The molecular formula is C21H20N2. The van der Waals surface area contributed by atoms with Gasteiger partial charge >= 0.3 is 0 Å². The summed E-state index contributed by atoms with van der Waals surface area (Å²) in [6.07, 6.45) is 9.76. The lowest BCUT2D eigenvalue weighted by molar-refractivity contribution is 0.363. The quantitative estimate of drug-likeness (QED) is 0.846. The van der Waals surface area contributed by atoms with Crippen LogP contribution in [0.5, 0.6) is 0 Å². The van der Waals surface area contributed by atoms with Crippen molar-refractivity contribution in [2.75, 3.05) is 5.32 Å². The van der Waals surface area contributed by atoms with Crippen LogP contribution >= 0.6 is 0 Å². The number of aliphatic imine (C=N–C) groups is 1. The molecule has 1 aliphatic carbocycles. The Hall–Kier alpha value is -2.61. The van der Waals surface area contributed by atoms with E-state index >= 15 is 0 Å². The minimum Gasteiger partial charge on any atom is -0.363 e. The number of hydrogen-bond acceptors (Lipinski definition) is 2. The van der Waals surface area contributed by atoms with Gasteiger partial charge in [-0.05, 0) is 12.5 Å². The van der Waals surface area contributed by atoms with Crippen LogP contribution in [0.2, 0.25) is 0 Å². The molecule has 2 nitrogen and oxygen atoms in total. The van der Waals surface area contributed by atoms with E-state index in [2.05, 4.69) is 85.1 Å². The molecule has 4 rings (SSSR count). The number of fused-ring (bicyclic) bond motifs is 1. The Morgan fingerprint density at radius 3 is 2.57 bits per heavy atom. The molecule has 1 heterocycles. The first-order valence-electron chi connectivity index (χ1n) is 8.10. The van der Waals surface area contributed by atoms with Gasteiger partial charge in [-0.3, -0.25) is 4.99 Å². The minimum atomic E-state index is -0.0116. The standard InChI is InChI=1S/C21H20N2/c1-21(14-8-3-9-15-21)20-22-18-13-7-6-12-17(18)19(23-20)16-10-4-2-5-11-16/h2-14,20,22H,15H2,1H3. The summed E-state index contributed by atoms with van der Waals surface area (Å²) in [5.41, 5.74) is 4.58. The van der Waals surface area contributed by atoms with E-state index in [4.69, 9.17) is 4.99 Å². The maximum Gasteiger partial charge on any atom is 0.128 e. The lowest BCUT2D eigenvalue weighted by atomic mass is 9.79. The Kier molecular flexibility index (Phi) is 3.38. The minimum absolute atomic E-state index is 0.0116. The van der Waals surface area contributed by atoms with Crippen LogP contribution in [0.25, 0.3) is 0 Å². The third kappa shape index (κ3) is 2.50. The van der Waals surface area contributed by atoms with Crippen molar-refractivity contribution in [3.05, 3.63) is 90.0 Å². The van der Waals surface area contributed by atoms with E-state index in [1.54, 1.807) is 0 Å². The number of para-hydroxylation sites is 1. The zero-order valence-corrected chi connectivity index (χ0v) is 13.2. The van der Waals surface area contributed by atoms with E-state index in [0.717, 1.165) is 17.8 Å². The Morgan fingerprint density at radius 2 is 1.78 bits per heavy atom. The second-order valence-corrected chi connectivity index (χ2v) is 6.43. The van der Waals surface area contributed by atoms with Crippen molar-refractivity contribution in [1.29, 1.82) is 0 Å². The molecule has 1 aliphatic heterocycles. The fourth-order valence-electron chi connectivity index (χ4n) is 3.28. The molecule has 2 aromatic rings. The number of nitrogens with zero attached hydrogens (tertiary/aromatic N) is 1. The normalized spacial score (nSPS) is 25.4. The molecule has 0 amide bonds. The Labute approximate surface area is 137 Å². The van der Waals surface area contributed by atoms with Gasteiger partial charge in [-0.15, -0.1) is 0 Å². The number of rotatable bonds is 2. The number of allylic oxidation sites excluding steroid dienone is 3. The summed E-state index contributed by atoms with van der Waals surface area (Å²) in [5, 5.41) is 3.63. The summed E-state index contributed by atoms with van der Waals surface area (Å²) >= 11 is 0. The van der Waals surface area contributed by atoms with Crippen LogP contribution in [0.4, 0.5) is 5.69 Å². The molecule has 0 bridgehead atoms. The first-order valence-corrected chi connectivity index (χ1v) is 8.10. The average Bonchev–Trinajstić information content (AvgIpc) is 2.62. The van der Waals surface area contributed by atoms with Gasteiger partial charge in [-0.1, -0.05) is 79.8 Å². The number of anilines is 1. The Balaban J connectivity index is 1.83. The molecule has 2 atom stereocenters. The zero-order valence-electron chi connectivity index (χ0n) is 13.2. The van der Waals surface area contributed by atoms with Crippen LogP contribution < -0.4 is 5.32 Å². The van der Waals surface area contributed by atoms with Gasteiger partial charge in [0.25, 0.3) is 0 Å². The van der Waals surface area contributed by atoms with Crippen molar-refractivity contribution in [3.8, 4) is 0 Å². The molecule has 0 spiro atoms. The second-order valence-electron chi connectivity index (χ2n) is 6.43. The average molecular weight is 300 g/mol. The van der Waals surface area contributed by atoms with Gasteiger partial charge in [-0.25, -0.2) is 0 Å². The summed E-state index contributed by atoms with van der Waals surface area (Å²) in [7, 11) is 0. The lowest BCUT2D eigenvalue weighted by Gasteiger charge is -2.37. The molecule has 0 saturated carbocycles. The van der Waals surface area contributed by atoms with E-state index < -0.39 is 0 Å². The highest BCUT2D eigenvalue weighted by atomic mass is 15.1. The third-order valence-electron chi connectivity index (χ3n) is 4.69. The molecule has 2 unspecified atom stereocenters. The maximum absolute atomic E-state index is 5.11. The molecule has 2 aromatic carbocycles. The van der Waals surface area contributed by atoms with Gasteiger partial charge < -0.3 is 5.32 Å². The van der Waals surface area contributed by atoms with Gasteiger partial charge in [0.05, 0.1) is 5.71 Å². The van der Waals surface area contributed by atoms with Crippen molar-refractivity contribution in [2.24, 2.45) is 10.4 Å². The van der Waals surface area contributed by atoms with Crippen LogP contribution in [0.3, 0.4) is 0 Å². The molecule has 0 saturated heterocycles. The SMILES string of the molecule is CC1(C2N=C(c3ccccc3)c3ccccc3N2)C=CC=CC1. The number of hydrogen-bond donors (Lipinski definition) is 1. The highest BCUT2D eigenvalue weighted by Gasteiger charge is 2.35. The van der Waals surface area contributed by atoms with Gasteiger partial charge in [-0.2, -0.15) is 0 Å². The van der Waals surface area contributed by atoms with Gasteiger partial charge in [0.2, 0.25) is 0 Å². The van der Waals surface area contributed by atoms with Crippen LogP contribution in [-0.2, 0) is 0 Å². The van der Waals surface area contributed by atoms with E-state index in [1.165, 1.54) is 11.1 Å². The summed E-state index contributed by atoms with van der Waals surface area (Å²) in [6.45, 7) is 2.27. The summed E-state index contributed by atoms with van der Waals surface area (Å²) in [4.78, 5) is 5.11. The fraction of sp³-hybridized carbons (Fsp3) is 0.190. The predicted molar refractivity (Wildman–Crippen MR) is 96.9 cm³/mol. The Morgan fingerprint density at radius 1 is 1.00 bits per heavy atom. The molecule has 2 aliphatic rings. The maximum atomic E-state index is 5.11. The van der Waals surface area contributed by atoms with Gasteiger partial charge in [0, 0.05) is 22.2 Å². The van der Waals surface area contributed by atoms with E-state index in [0.29, 0.717) is 0 Å². The zero-order chi connectivity index (χ0) is 15.7. The monoisotopic (exact) mass is 300 g/mol. The van der Waals surface area contributed by atoms with Gasteiger partial charge in [0.1, 0.15) is 6.17 Å². The molecule has 23 heavy (non-hydrogen) atoms. The predicted octanol–water partition coefficient (Wildman–Crippen LogP) is 4.80. The largest absolute Gasteiger partial charge is 0.363 e. The third-order valence-corrected chi connectivity index (χ3v) is 4.69. The molecule has 2 heteroatoms. The first kappa shape index (κ1) is 14.0. The first-order chi connectivity index (χ1) is 11.3. The summed E-state index contributed by atoms with van der Waals surface area (Å²) in [6, 6.07) is 18.9. The van der Waals surface area contributed by atoms with Crippen LogP contribution in [0, 0.1) is 5.41 Å². The molecule has 1 N–H and O–H groups in total. The van der Waals surface area contributed by atoms with Crippen molar-refractivity contribution in [3.63, 3.8) is 0 Å². The van der Waals surface area contributed by atoms with Crippen molar-refractivity contribution >= 4 is 11.4 Å². The molecular weight excluding hydrogens is 280 g/mol. The van der Waals surface area contributed by atoms with Crippen molar-refractivity contribution in [1.82, 2.24) is 0 Å². The van der Waals surface area contributed by atoms with E-state index in [1.807, 2.05) is 6.07 Å². The van der Waals surface area contributed by atoms with Crippen molar-refractivity contribution < 1.29 is 0 Å². The topological polar surface area (TPSA) is 24.4 Å². The summed E-state index contributed by atoms with van der Waals surface area (Å²) in [5.74, 6) is 0. The molecule has 0 fully saturated rings. The van der Waals surface area contributed by atoms with Crippen LogP contribution in [0.1, 0.15) is 24.5 Å². The Bertz CT molecular complexity index is 802. The molecule has 0 aromatic heterocycles. The van der Waals surface area contributed by atoms with Crippen LogP contribution in [0.15, 0.2) is 83.9 Å². The highest BCUT2D eigenvalue weighted by Crippen LogP contribution is 2.37. The number of benzene rings is 2. The number of nitrogens with one attached hydrogen (secondary N) is 1.